The van der Waals surface area contributed by atoms with Crippen molar-refractivity contribution in [3.05, 3.63) is 77.9 Å². The molecule has 0 aliphatic rings. The number of aliphatic imine (C=N–C) groups is 1. The Hall–Kier alpha value is -3.42. The van der Waals surface area contributed by atoms with Gasteiger partial charge in [-0.25, -0.2) is 4.98 Å². The molecule has 0 saturated carbocycles. The summed E-state index contributed by atoms with van der Waals surface area (Å²) in [5, 5.41) is 6.18. The van der Waals surface area contributed by atoms with Crippen molar-refractivity contribution in [3.63, 3.8) is 0 Å². The van der Waals surface area contributed by atoms with Crippen LogP contribution in [0.1, 0.15) is 23.5 Å². The molecule has 1 heterocycles. The number of halogens is 2. The molecule has 29 heavy (non-hydrogen) atoms. The molecule has 0 spiro atoms. The number of ether oxygens (including phenoxy) is 1. The van der Waals surface area contributed by atoms with Crippen molar-refractivity contribution in [3.8, 4) is 11.5 Å². The Labute approximate surface area is 168 Å². The van der Waals surface area contributed by atoms with Crippen LogP contribution in [0.3, 0.4) is 0 Å². The minimum Gasteiger partial charge on any atom is -0.457 e. The molecule has 0 bridgehead atoms. The van der Waals surface area contributed by atoms with Crippen LogP contribution >= 0.6 is 0 Å². The van der Waals surface area contributed by atoms with Gasteiger partial charge in [-0.2, -0.15) is 8.78 Å². The van der Waals surface area contributed by atoms with Crippen LogP contribution < -0.4 is 15.4 Å². The predicted octanol–water partition coefficient (Wildman–Crippen LogP) is 4.24. The molecule has 2 N–H and O–H groups in total. The topological polar surface area (TPSA) is 63.5 Å². The second kappa shape index (κ2) is 9.68. The molecule has 3 rings (SSSR count). The molecule has 0 atom stereocenters. The van der Waals surface area contributed by atoms with Crippen LogP contribution in [0.25, 0.3) is 0 Å². The highest BCUT2D eigenvalue weighted by atomic mass is 19.3. The monoisotopic (exact) mass is 399 g/mol. The molecule has 8 heteroatoms. The van der Waals surface area contributed by atoms with Gasteiger partial charge >= 0.3 is 6.55 Å². The number of rotatable bonds is 7. The average molecular weight is 399 g/mol. The van der Waals surface area contributed by atoms with Crippen LogP contribution in [0.4, 0.5) is 8.78 Å². The first-order chi connectivity index (χ1) is 14.1. The standard InChI is InChI=1S/C21H23F2N5O/c1-15-8-9-16(18(12-15)29-17-6-4-3-5-7-17)13-26-21(24-2)27-14-19-25-10-11-28(19)20(22)23/h3-12,20H,13-14H2,1-2H3,(H2,24,26,27). The summed E-state index contributed by atoms with van der Waals surface area (Å²) in [7, 11) is 1.62. The number of para-hydroxylation sites is 1. The van der Waals surface area contributed by atoms with Crippen molar-refractivity contribution in [2.75, 3.05) is 7.05 Å². The lowest BCUT2D eigenvalue weighted by atomic mass is 10.1. The Morgan fingerprint density at radius 1 is 1.14 bits per heavy atom. The van der Waals surface area contributed by atoms with Gasteiger partial charge in [0.05, 0.1) is 6.54 Å². The van der Waals surface area contributed by atoms with Gasteiger partial charge in [0.1, 0.15) is 17.3 Å². The smallest absolute Gasteiger partial charge is 0.319 e. The summed E-state index contributed by atoms with van der Waals surface area (Å²) in [5.74, 6) is 2.19. The Morgan fingerprint density at radius 2 is 1.90 bits per heavy atom. The van der Waals surface area contributed by atoms with Gasteiger partial charge in [0.15, 0.2) is 5.96 Å². The van der Waals surface area contributed by atoms with Gasteiger partial charge in [0.25, 0.3) is 0 Å². The molecule has 0 radical (unpaired) electrons. The molecule has 0 saturated heterocycles. The van der Waals surface area contributed by atoms with Crippen molar-refractivity contribution >= 4 is 5.96 Å². The van der Waals surface area contributed by atoms with Crippen molar-refractivity contribution < 1.29 is 13.5 Å². The van der Waals surface area contributed by atoms with E-state index < -0.39 is 6.55 Å². The van der Waals surface area contributed by atoms with E-state index in [0.717, 1.165) is 27.2 Å². The zero-order chi connectivity index (χ0) is 20.6. The van der Waals surface area contributed by atoms with E-state index in [9.17, 15) is 8.78 Å². The van der Waals surface area contributed by atoms with Crippen molar-refractivity contribution in [1.82, 2.24) is 20.2 Å². The summed E-state index contributed by atoms with van der Waals surface area (Å²) < 4.78 is 32.7. The van der Waals surface area contributed by atoms with E-state index in [4.69, 9.17) is 4.74 Å². The van der Waals surface area contributed by atoms with Gasteiger partial charge in [-0.15, -0.1) is 0 Å². The van der Waals surface area contributed by atoms with Crippen LogP contribution in [-0.4, -0.2) is 22.6 Å². The third-order valence-corrected chi connectivity index (χ3v) is 4.24. The number of alkyl halides is 2. The Balaban J connectivity index is 1.64. The van der Waals surface area contributed by atoms with Gasteiger partial charge in [-0.1, -0.05) is 30.3 Å². The molecule has 0 aliphatic heterocycles. The quantitative estimate of drug-likeness (QED) is 0.461. The van der Waals surface area contributed by atoms with Gasteiger partial charge < -0.3 is 15.4 Å². The maximum Gasteiger partial charge on any atom is 0.319 e. The number of hydrogen-bond acceptors (Lipinski definition) is 3. The van der Waals surface area contributed by atoms with E-state index in [-0.39, 0.29) is 12.4 Å². The molecular formula is C21H23F2N5O. The summed E-state index contributed by atoms with van der Waals surface area (Å²) in [6.45, 7) is -0.0563. The van der Waals surface area contributed by atoms with Crippen molar-refractivity contribution in [2.45, 2.75) is 26.6 Å². The summed E-state index contributed by atoms with van der Waals surface area (Å²) in [6.07, 6.45) is 2.59. The van der Waals surface area contributed by atoms with Gasteiger partial charge in [-0.05, 0) is 30.7 Å². The maximum absolute atomic E-state index is 12.9. The molecule has 152 valence electrons. The zero-order valence-corrected chi connectivity index (χ0v) is 16.3. The van der Waals surface area contributed by atoms with Gasteiger partial charge in [-0.3, -0.25) is 9.56 Å². The molecule has 0 unspecified atom stereocenters. The predicted molar refractivity (Wildman–Crippen MR) is 108 cm³/mol. The number of benzene rings is 2. The number of nitrogens with zero attached hydrogens (tertiary/aromatic N) is 3. The molecular weight excluding hydrogens is 376 g/mol. The fourth-order valence-corrected chi connectivity index (χ4v) is 2.74. The van der Waals surface area contributed by atoms with Gasteiger partial charge in [0, 0.05) is 31.5 Å². The summed E-state index contributed by atoms with van der Waals surface area (Å²) >= 11 is 0. The summed E-state index contributed by atoms with van der Waals surface area (Å²) in [4.78, 5) is 8.09. The number of aryl methyl sites for hydroxylation is 1. The highest BCUT2D eigenvalue weighted by Crippen LogP contribution is 2.26. The van der Waals surface area contributed by atoms with E-state index in [2.05, 4.69) is 20.6 Å². The Bertz CT molecular complexity index is 957. The van der Waals surface area contributed by atoms with E-state index in [1.54, 1.807) is 7.05 Å². The van der Waals surface area contributed by atoms with E-state index >= 15 is 0 Å². The highest BCUT2D eigenvalue weighted by Gasteiger charge is 2.12. The summed E-state index contributed by atoms with van der Waals surface area (Å²) in [6, 6.07) is 15.5. The molecule has 0 aliphatic carbocycles. The number of imidazole rings is 1. The third-order valence-electron chi connectivity index (χ3n) is 4.24. The lowest BCUT2D eigenvalue weighted by molar-refractivity contribution is 0.0668. The van der Waals surface area contributed by atoms with E-state index in [0.29, 0.717) is 12.5 Å². The minimum absolute atomic E-state index is 0.123. The molecule has 3 aromatic rings. The lowest BCUT2D eigenvalue weighted by Crippen LogP contribution is -2.37. The van der Waals surface area contributed by atoms with Crippen LogP contribution in [0.15, 0.2) is 65.9 Å². The van der Waals surface area contributed by atoms with Crippen molar-refractivity contribution in [1.29, 1.82) is 0 Å². The largest absolute Gasteiger partial charge is 0.457 e. The molecule has 0 fully saturated rings. The van der Waals surface area contributed by atoms with E-state index in [1.807, 2.05) is 55.5 Å². The minimum atomic E-state index is -2.63. The average Bonchev–Trinajstić information content (AvgIpc) is 3.19. The molecule has 2 aromatic carbocycles. The molecule has 6 nitrogen and oxygen atoms in total. The lowest BCUT2D eigenvalue weighted by Gasteiger charge is -2.15. The first kappa shape index (κ1) is 20.3. The third kappa shape index (κ3) is 5.54. The maximum atomic E-state index is 12.9. The second-order valence-corrected chi connectivity index (χ2v) is 6.33. The molecule has 0 amide bonds. The number of nitrogens with one attached hydrogen (secondary N) is 2. The van der Waals surface area contributed by atoms with Crippen LogP contribution in [0, 0.1) is 6.92 Å². The normalized spacial score (nSPS) is 11.6. The fourth-order valence-electron chi connectivity index (χ4n) is 2.74. The fraction of sp³-hybridized carbons (Fsp3) is 0.238. The van der Waals surface area contributed by atoms with Crippen LogP contribution in [0.5, 0.6) is 11.5 Å². The second-order valence-electron chi connectivity index (χ2n) is 6.33. The molecule has 1 aromatic heterocycles. The highest BCUT2D eigenvalue weighted by molar-refractivity contribution is 5.79. The van der Waals surface area contributed by atoms with E-state index in [1.165, 1.54) is 12.4 Å². The zero-order valence-electron chi connectivity index (χ0n) is 16.3. The Kier molecular flexibility index (Phi) is 6.78. The summed E-state index contributed by atoms with van der Waals surface area (Å²) in [5.41, 5.74) is 2.03. The van der Waals surface area contributed by atoms with Crippen molar-refractivity contribution in [2.24, 2.45) is 4.99 Å². The van der Waals surface area contributed by atoms with Crippen LogP contribution in [-0.2, 0) is 13.1 Å². The Morgan fingerprint density at radius 3 is 2.62 bits per heavy atom. The van der Waals surface area contributed by atoms with Gasteiger partial charge in [0.2, 0.25) is 0 Å². The van der Waals surface area contributed by atoms with Crippen LogP contribution in [0.2, 0.25) is 0 Å². The first-order valence-corrected chi connectivity index (χ1v) is 9.13. The number of hydrogen-bond donors (Lipinski definition) is 2. The SMILES string of the molecule is CN=C(NCc1ccc(C)cc1Oc1ccccc1)NCc1nccn1C(F)F. The number of guanidine groups is 1. The number of aromatic nitrogens is 2. The first-order valence-electron chi connectivity index (χ1n) is 9.13.